The Labute approximate surface area is 133 Å². The van der Waals surface area contributed by atoms with E-state index in [2.05, 4.69) is 6.58 Å². The predicted molar refractivity (Wildman–Crippen MR) is 81.3 cm³/mol. The zero-order chi connectivity index (χ0) is 16.2. The van der Waals surface area contributed by atoms with Crippen LogP contribution in [-0.2, 0) is 17.8 Å². The molecule has 1 amide bonds. The van der Waals surface area contributed by atoms with E-state index in [0.29, 0.717) is 31.7 Å². The van der Waals surface area contributed by atoms with Gasteiger partial charge in [0, 0.05) is 24.9 Å². The molecule has 1 heterocycles. The Morgan fingerprint density at radius 3 is 2.74 bits per heavy atom. The summed E-state index contributed by atoms with van der Waals surface area (Å²) in [4.78, 5) is 13.5. The summed E-state index contributed by atoms with van der Waals surface area (Å²) in [6.07, 6.45) is 2.91. The molecule has 3 nitrogen and oxygen atoms in total. The van der Waals surface area contributed by atoms with Gasteiger partial charge in [0.1, 0.15) is 5.75 Å². The molecule has 0 bridgehead atoms. The molecule has 23 heavy (non-hydrogen) atoms. The molecule has 2 fully saturated rings. The average molecular weight is 319 g/mol. The fourth-order valence-electron chi connectivity index (χ4n) is 3.98. The van der Waals surface area contributed by atoms with Gasteiger partial charge >= 0.3 is 0 Å². The zero-order valence-corrected chi connectivity index (χ0v) is 12.8. The largest absolute Gasteiger partial charge is 0.490 e. The van der Waals surface area contributed by atoms with E-state index < -0.39 is 17.8 Å². The first-order chi connectivity index (χ1) is 11.0. The van der Waals surface area contributed by atoms with E-state index in [9.17, 15) is 13.6 Å². The zero-order valence-electron chi connectivity index (χ0n) is 12.8. The van der Waals surface area contributed by atoms with Gasteiger partial charge in [-0.3, -0.25) is 4.79 Å². The highest BCUT2D eigenvalue weighted by Gasteiger charge is 2.72. The number of amides is 1. The molecule has 0 aromatic heterocycles. The third-order valence-corrected chi connectivity index (χ3v) is 5.38. The summed E-state index contributed by atoms with van der Waals surface area (Å²) in [5.41, 5.74) is 2.28. The van der Waals surface area contributed by atoms with E-state index in [0.717, 1.165) is 12.0 Å². The number of hydrogen-bond donors (Lipinski definition) is 0. The lowest BCUT2D eigenvalue weighted by molar-refractivity contribution is -0.126. The van der Waals surface area contributed by atoms with Crippen molar-refractivity contribution in [2.75, 3.05) is 6.54 Å². The van der Waals surface area contributed by atoms with Gasteiger partial charge in [-0.1, -0.05) is 12.6 Å². The van der Waals surface area contributed by atoms with Gasteiger partial charge in [0.05, 0.1) is 6.10 Å². The number of benzene rings is 1. The maximum absolute atomic E-state index is 13.2. The number of carbonyl (C=O) groups excluding carboxylic acids is 1. The molecular weight excluding hydrogens is 300 g/mol. The normalized spacial score (nSPS) is 30.3. The molecular formula is C18H19F2NO2. The van der Waals surface area contributed by atoms with Crippen LogP contribution in [0.25, 0.3) is 0 Å². The van der Waals surface area contributed by atoms with E-state index >= 15 is 0 Å². The molecule has 1 aromatic rings. The van der Waals surface area contributed by atoms with E-state index in [1.807, 2.05) is 18.2 Å². The van der Waals surface area contributed by atoms with Crippen molar-refractivity contribution in [1.82, 2.24) is 4.90 Å². The minimum Gasteiger partial charge on any atom is -0.490 e. The van der Waals surface area contributed by atoms with Gasteiger partial charge in [0.15, 0.2) is 0 Å². The van der Waals surface area contributed by atoms with Crippen LogP contribution >= 0.6 is 0 Å². The first-order valence-electron chi connectivity index (χ1n) is 8.06. The second kappa shape index (κ2) is 5.05. The Hall–Kier alpha value is -1.91. The topological polar surface area (TPSA) is 29.5 Å². The van der Waals surface area contributed by atoms with Crippen molar-refractivity contribution >= 4 is 5.91 Å². The standard InChI is InChI=1S/C18H19F2NO2/c1-2-17(22)21-6-5-11-3-4-13(7-12(11)10-21)23-14-8-15-16(9-14)18(15,19)20/h2-4,7,14-16H,1,5-6,8-10H2/t14-,15+,16-. The van der Waals surface area contributed by atoms with Crippen molar-refractivity contribution in [3.63, 3.8) is 0 Å². The number of rotatable bonds is 3. The number of nitrogens with zero attached hydrogens (tertiary/aromatic N) is 1. The summed E-state index contributed by atoms with van der Waals surface area (Å²) < 4.78 is 32.4. The van der Waals surface area contributed by atoms with Gasteiger partial charge < -0.3 is 9.64 Å². The third-order valence-electron chi connectivity index (χ3n) is 5.38. The molecule has 2 aliphatic carbocycles. The van der Waals surface area contributed by atoms with Crippen LogP contribution in [0.3, 0.4) is 0 Å². The highest BCUT2D eigenvalue weighted by Crippen LogP contribution is 2.64. The van der Waals surface area contributed by atoms with Crippen molar-refractivity contribution < 1.29 is 18.3 Å². The van der Waals surface area contributed by atoms with Crippen molar-refractivity contribution in [3.8, 4) is 5.75 Å². The van der Waals surface area contributed by atoms with E-state index in [1.54, 1.807) is 4.90 Å². The highest BCUT2D eigenvalue weighted by atomic mass is 19.3. The Bertz CT molecular complexity index is 659. The number of hydrogen-bond acceptors (Lipinski definition) is 2. The number of alkyl halides is 2. The minimum atomic E-state index is -2.46. The molecule has 4 rings (SSSR count). The van der Waals surface area contributed by atoms with E-state index in [-0.39, 0.29) is 12.0 Å². The Balaban J connectivity index is 1.44. The number of carbonyl (C=O) groups is 1. The molecule has 0 N–H and O–H groups in total. The fourth-order valence-corrected chi connectivity index (χ4v) is 3.98. The molecule has 0 radical (unpaired) electrons. The maximum atomic E-state index is 13.2. The molecule has 122 valence electrons. The first kappa shape index (κ1) is 14.7. The van der Waals surface area contributed by atoms with Crippen molar-refractivity contribution in [2.24, 2.45) is 11.8 Å². The molecule has 0 saturated heterocycles. The highest BCUT2D eigenvalue weighted by molar-refractivity contribution is 5.87. The van der Waals surface area contributed by atoms with Crippen LogP contribution in [0.2, 0.25) is 0 Å². The van der Waals surface area contributed by atoms with Gasteiger partial charge in [0.2, 0.25) is 5.91 Å². The van der Waals surface area contributed by atoms with Crippen LogP contribution < -0.4 is 4.74 Å². The summed E-state index contributed by atoms with van der Waals surface area (Å²) in [5, 5.41) is 0. The Kier molecular flexibility index (Phi) is 3.22. The van der Waals surface area contributed by atoms with Crippen LogP contribution in [0.15, 0.2) is 30.9 Å². The average Bonchev–Trinajstić information content (AvgIpc) is 2.90. The van der Waals surface area contributed by atoms with Gasteiger partial charge in [0.25, 0.3) is 5.92 Å². The van der Waals surface area contributed by atoms with Gasteiger partial charge in [-0.2, -0.15) is 0 Å². The molecule has 1 aliphatic heterocycles. The van der Waals surface area contributed by atoms with Gasteiger partial charge in [-0.25, -0.2) is 8.78 Å². The van der Waals surface area contributed by atoms with Crippen LogP contribution in [0, 0.1) is 11.8 Å². The fraction of sp³-hybridized carbons (Fsp3) is 0.500. The SMILES string of the molecule is C=CC(=O)N1CCc2ccc(O[C@H]3C[C@@H]4[C@H](C3)C4(F)F)cc2C1. The molecule has 2 saturated carbocycles. The molecule has 5 heteroatoms. The molecule has 3 aliphatic rings. The second-order valence-electron chi connectivity index (χ2n) is 6.74. The summed E-state index contributed by atoms with van der Waals surface area (Å²) in [6, 6.07) is 5.87. The Morgan fingerprint density at radius 1 is 1.30 bits per heavy atom. The van der Waals surface area contributed by atoms with Crippen molar-refractivity contribution in [2.45, 2.75) is 37.8 Å². The monoisotopic (exact) mass is 319 g/mol. The van der Waals surface area contributed by atoms with Gasteiger partial charge in [-0.15, -0.1) is 0 Å². The quantitative estimate of drug-likeness (QED) is 0.801. The van der Waals surface area contributed by atoms with Crippen LogP contribution in [0.1, 0.15) is 24.0 Å². The third kappa shape index (κ3) is 2.42. The smallest absolute Gasteiger partial charge is 0.254 e. The predicted octanol–water partition coefficient (Wildman–Crippen LogP) is 3.18. The number of ether oxygens (including phenoxy) is 1. The lowest BCUT2D eigenvalue weighted by atomic mass is 9.99. The van der Waals surface area contributed by atoms with E-state index in [1.165, 1.54) is 11.6 Å². The molecule has 3 atom stereocenters. The number of halogens is 2. The molecule has 1 aromatic carbocycles. The summed E-state index contributed by atoms with van der Waals surface area (Å²) in [6.45, 7) is 4.76. The maximum Gasteiger partial charge on any atom is 0.254 e. The Morgan fingerprint density at radius 2 is 2.04 bits per heavy atom. The lowest BCUT2D eigenvalue weighted by Crippen LogP contribution is -2.34. The number of fused-ring (bicyclic) bond motifs is 2. The van der Waals surface area contributed by atoms with Crippen molar-refractivity contribution in [3.05, 3.63) is 42.0 Å². The first-order valence-corrected chi connectivity index (χ1v) is 8.06. The molecule has 0 spiro atoms. The van der Waals surface area contributed by atoms with Crippen LogP contribution in [0.4, 0.5) is 8.78 Å². The second-order valence-corrected chi connectivity index (χ2v) is 6.74. The summed E-state index contributed by atoms with van der Waals surface area (Å²) in [7, 11) is 0. The van der Waals surface area contributed by atoms with E-state index in [4.69, 9.17) is 4.74 Å². The summed E-state index contributed by atoms with van der Waals surface area (Å²) >= 11 is 0. The van der Waals surface area contributed by atoms with Gasteiger partial charge in [-0.05, 0) is 48.6 Å². The minimum absolute atomic E-state index is 0.0694. The van der Waals surface area contributed by atoms with Crippen molar-refractivity contribution in [1.29, 1.82) is 0 Å². The lowest BCUT2D eigenvalue weighted by Gasteiger charge is -2.28. The molecule has 0 unspecified atom stereocenters. The van der Waals surface area contributed by atoms with Crippen LogP contribution in [-0.4, -0.2) is 29.4 Å². The van der Waals surface area contributed by atoms with Crippen LogP contribution in [0.5, 0.6) is 5.75 Å². The summed E-state index contributed by atoms with van der Waals surface area (Å²) in [5.74, 6) is -2.77.